The Hall–Kier alpha value is -0.200. The van der Waals surface area contributed by atoms with Crippen LogP contribution >= 0.6 is 0 Å². The van der Waals surface area contributed by atoms with Gasteiger partial charge in [-0.05, 0) is 13.0 Å². The Labute approximate surface area is 78.0 Å². The average Bonchev–Trinajstić information content (AvgIpc) is 2.13. The van der Waals surface area contributed by atoms with Crippen LogP contribution < -0.4 is 5.32 Å². The van der Waals surface area contributed by atoms with Gasteiger partial charge in [-0.3, -0.25) is 0 Å². The molecule has 0 fully saturated rings. The van der Waals surface area contributed by atoms with Crippen LogP contribution in [0.15, 0.2) is 0 Å². The maximum atomic E-state index is 9.29. The molecule has 0 heterocycles. The lowest BCUT2D eigenvalue weighted by molar-refractivity contribution is -0.0641. The first kappa shape index (κ1) is 12.8. The molecule has 3 unspecified atom stereocenters. The van der Waals surface area contributed by atoms with Gasteiger partial charge in [-0.15, -0.1) is 0 Å². The number of aliphatic hydroxyl groups excluding tert-OH is 4. The lowest BCUT2D eigenvalue weighted by atomic mass is 10.1. The summed E-state index contributed by atoms with van der Waals surface area (Å²) in [4.78, 5) is 0. The third-order valence-corrected chi connectivity index (χ3v) is 1.82. The molecule has 0 rings (SSSR count). The first-order chi connectivity index (χ1) is 6.13. The first-order valence-corrected chi connectivity index (χ1v) is 4.49. The van der Waals surface area contributed by atoms with Crippen molar-refractivity contribution in [2.24, 2.45) is 0 Å². The summed E-state index contributed by atoms with van der Waals surface area (Å²) < 4.78 is 0. The minimum Gasteiger partial charge on any atom is -0.396 e. The molecule has 0 saturated heterocycles. The van der Waals surface area contributed by atoms with Crippen molar-refractivity contribution in [2.75, 3.05) is 19.7 Å². The van der Waals surface area contributed by atoms with E-state index in [0.717, 1.165) is 0 Å². The maximum absolute atomic E-state index is 9.29. The van der Waals surface area contributed by atoms with Gasteiger partial charge in [0.1, 0.15) is 6.10 Å². The highest BCUT2D eigenvalue weighted by Crippen LogP contribution is 2.02. The summed E-state index contributed by atoms with van der Waals surface area (Å²) in [5.74, 6) is 0. The molecule has 0 aliphatic heterocycles. The Morgan fingerprint density at radius 1 is 1.15 bits per heavy atom. The van der Waals surface area contributed by atoms with Gasteiger partial charge in [0.15, 0.2) is 0 Å². The van der Waals surface area contributed by atoms with Crippen molar-refractivity contribution in [1.82, 2.24) is 5.32 Å². The molecule has 80 valence electrons. The highest BCUT2D eigenvalue weighted by Gasteiger charge is 2.23. The Balaban J connectivity index is 3.71. The summed E-state index contributed by atoms with van der Waals surface area (Å²) in [6, 6.07) is 0. The fraction of sp³-hybridized carbons (Fsp3) is 1.00. The Morgan fingerprint density at radius 2 is 1.77 bits per heavy atom. The van der Waals surface area contributed by atoms with Crippen LogP contribution in [0.3, 0.4) is 0 Å². The van der Waals surface area contributed by atoms with Gasteiger partial charge < -0.3 is 25.7 Å². The van der Waals surface area contributed by atoms with E-state index in [1.165, 1.54) is 0 Å². The summed E-state index contributed by atoms with van der Waals surface area (Å²) in [6.07, 6.45) is -3.20. The van der Waals surface area contributed by atoms with Crippen LogP contribution in [0.4, 0.5) is 0 Å². The lowest BCUT2D eigenvalue weighted by Gasteiger charge is -2.22. The number of likely N-dealkylation sites (N-methyl/N-ethyl adjacent to an activating group) is 1. The number of hydrogen-bond acceptors (Lipinski definition) is 5. The van der Waals surface area contributed by atoms with Gasteiger partial charge in [0.05, 0.1) is 12.2 Å². The Morgan fingerprint density at radius 3 is 2.23 bits per heavy atom. The van der Waals surface area contributed by atoms with Gasteiger partial charge in [0, 0.05) is 13.2 Å². The molecule has 5 heteroatoms. The summed E-state index contributed by atoms with van der Waals surface area (Å²) in [5, 5.41) is 39.1. The van der Waals surface area contributed by atoms with E-state index in [-0.39, 0.29) is 19.6 Å². The predicted molar refractivity (Wildman–Crippen MR) is 48.3 cm³/mol. The monoisotopic (exact) mass is 193 g/mol. The molecule has 0 aromatic carbocycles. The molecule has 0 spiro atoms. The van der Waals surface area contributed by atoms with Crippen molar-refractivity contribution in [1.29, 1.82) is 0 Å². The van der Waals surface area contributed by atoms with Crippen molar-refractivity contribution >= 4 is 0 Å². The molecule has 5 nitrogen and oxygen atoms in total. The molecule has 0 aromatic rings. The standard InChI is InChI=1S/C8H19NO4/c1-2-9-5-7(12)8(13)6(11)3-4-10/h6-13H,2-5H2,1H3. The maximum Gasteiger partial charge on any atom is 0.107 e. The number of aliphatic hydroxyl groups is 4. The molecule has 0 amide bonds. The second-order valence-corrected chi connectivity index (χ2v) is 2.95. The fourth-order valence-corrected chi connectivity index (χ4v) is 0.972. The Bertz CT molecular complexity index is 123. The van der Waals surface area contributed by atoms with Crippen LogP contribution in [-0.4, -0.2) is 58.4 Å². The van der Waals surface area contributed by atoms with Crippen LogP contribution in [0.1, 0.15) is 13.3 Å². The first-order valence-electron chi connectivity index (χ1n) is 4.49. The van der Waals surface area contributed by atoms with Crippen molar-refractivity contribution < 1.29 is 20.4 Å². The molecule has 0 radical (unpaired) electrons. The highest BCUT2D eigenvalue weighted by atomic mass is 16.4. The summed E-state index contributed by atoms with van der Waals surface area (Å²) >= 11 is 0. The second kappa shape index (κ2) is 7.23. The smallest absolute Gasteiger partial charge is 0.107 e. The molecule has 13 heavy (non-hydrogen) atoms. The van der Waals surface area contributed by atoms with Gasteiger partial charge in [0.25, 0.3) is 0 Å². The normalized spacial score (nSPS) is 18.2. The zero-order chi connectivity index (χ0) is 10.3. The molecule has 0 aliphatic rings. The number of hydrogen-bond donors (Lipinski definition) is 5. The second-order valence-electron chi connectivity index (χ2n) is 2.95. The molecule has 5 N–H and O–H groups in total. The highest BCUT2D eigenvalue weighted by molar-refractivity contribution is 4.76. The summed E-state index contributed by atoms with van der Waals surface area (Å²) in [5.41, 5.74) is 0. The van der Waals surface area contributed by atoms with Gasteiger partial charge in [-0.25, -0.2) is 0 Å². The lowest BCUT2D eigenvalue weighted by Crippen LogP contribution is -2.43. The third kappa shape index (κ3) is 5.17. The van der Waals surface area contributed by atoms with Crippen LogP contribution in [-0.2, 0) is 0 Å². The molecule has 3 atom stereocenters. The third-order valence-electron chi connectivity index (χ3n) is 1.82. The van der Waals surface area contributed by atoms with E-state index < -0.39 is 18.3 Å². The largest absolute Gasteiger partial charge is 0.396 e. The molecule has 0 bridgehead atoms. The van der Waals surface area contributed by atoms with Gasteiger partial charge >= 0.3 is 0 Å². The van der Waals surface area contributed by atoms with E-state index in [4.69, 9.17) is 5.11 Å². The minimum absolute atomic E-state index is 0.0738. The van der Waals surface area contributed by atoms with Gasteiger partial charge in [-0.1, -0.05) is 6.92 Å². The van der Waals surface area contributed by atoms with E-state index in [1.807, 2.05) is 6.92 Å². The average molecular weight is 193 g/mol. The zero-order valence-electron chi connectivity index (χ0n) is 7.85. The van der Waals surface area contributed by atoms with Crippen molar-refractivity contribution in [2.45, 2.75) is 31.7 Å². The SMILES string of the molecule is CCNCC(O)C(O)C(O)CCO. The van der Waals surface area contributed by atoms with E-state index in [9.17, 15) is 15.3 Å². The fourth-order valence-electron chi connectivity index (χ4n) is 0.972. The number of rotatable bonds is 7. The van der Waals surface area contributed by atoms with E-state index >= 15 is 0 Å². The van der Waals surface area contributed by atoms with E-state index in [0.29, 0.717) is 6.54 Å². The summed E-state index contributed by atoms with van der Waals surface area (Å²) in [6.45, 7) is 2.61. The van der Waals surface area contributed by atoms with Gasteiger partial charge in [-0.2, -0.15) is 0 Å². The van der Waals surface area contributed by atoms with Crippen LogP contribution in [0.25, 0.3) is 0 Å². The van der Waals surface area contributed by atoms with Crippen LogP contribution in [0, 0.1) is 0 Å². The molecular weight excluding hydrogens is 174 g/mol. The minimum atomic E-state index is -1.20. The predicted octanol–water partition coefficient (Wildman–Crippen LogP) is -1.94. The van der Waals surface area contributed by atoms with Gasteiger partial charge in [0.2, 0.25) is 0 Å². The topological polar surface area (TPSA) is 93.0 Å². The quantitative estimate of drug-likeness (QED) is 0.324. The Kier molecular flexibility index (Phi) is 7.12. The molecule has 0 aliphatic carbocycles. The van der Waals surface area contributed by atoms with Crippen molar-refractivity contribution in [3.63, 3.8) is 0 Å². The van der Waals surface area contributed by atoms with E-state index in [2.05, 4.69) is 5.32 Å². The zero-order valence-corrected chi connectivity index (χ0v) is 7.85. The van der Waals surface area contributed by atoms with E-state index in [1.54, 1.807) is 0 Å². The summed E-state index contributed by atoms with van der Waals surface area (Å²) in [7, 11) is 0. The van der Waals surface area contributed by atoms with Crippen LogP contribution in [0.2, 0.25) is 0 Å². The van der Waals surface area contributed by atoms with Crippen LogP contribution in [0.5, 0.6) is 0 Å². The molecular formula is C8H19NO4. The molecule has 0 saturated carbocycles. The van der Waals surface area contributed by atoms with Crippen molar-refractivity contribution in [3.05, 3.63) is 0 Å². The molecule has 0 aromatic heterocycles. The number of nitrogens with one attached hydrogen (secondary N) is 1. The van der Waals surface area contributed by atoms with Crippen molar-refractivity contribution in [3.8, 4) is 0 Å².